The van der Waals surface area contributed by atoms with Crippen LogP contribution in [0, 0.1) is 0 Å². The average Bonchev–Trinajstić information content (AvgIpc) is 3.79. The second kappa shape index (κ2) is 9.83. The smallest absolute Gasteiger partial charge is 0.137 e. The molecule has 0 radical (unpaired) electrons. The second-order valence-electron chi connectivity index (χ2n) is 11.7. The monoisotopic (exact) mass is 606 g/mol. The number of anilines is 3. The zero-order valence-electron chi connectivity index (χ0n) is 24.7. The van der Waals surface area contributed by atoms with Gasteiger partial charge in [-0.1, -0.05) is 91.0 Å². The number of nitrogens with zero attached hydrogens (tertiary/aromatic N) is 2. The summed E-state index contributed by atoms with van der Waals surface area (Å²) in [6, 6.07) is 56.5. The Morgan fingerprint density at radius 1 is 0.457 bits per heavy atom. The van der Waals surface area contributed by atoms with Gasteiger partial charge in [0.05, 0.1) is 27.8 Å². The Balaban J connectivity index is 1.34. The van der Waals surface area contributed by atoms with Gasteiger partial charge in [-0.15, -0.1) is 11.3 Å². The number of benzene rings is 7. The van der Waals surface area contributed by atoms with Crippen molar-refractivity contribution in [1.29, 1.82) is 0 Å². The van der Waals surface area contributed by atoms with Gasteiger partial charge in [-0.05, 0) is 66.7 Å². The average molecular weight is 607 g/mol. The minimum Gasteiger partial charge on any atom is -0.456 e. The molecular weight excluding hydrogens is 581 g/mol. The van der Waals surface area contributed by atoms with Crippen LogP contribution in [0.1, 0.15) is 0 Å². The zero-order valence-corrected chi connectivity index (χ0v) is 25.5. The van der Waals surface area contributed by atoms with E-state index in [1.165, 1.54) is 42.0 Å². The molecule has 0 spiro atoms. The first-order valence-corrected chi connectivity index (χ1v) is 16.3. The molecule has 0 aliphatic heterocycles. The number of hydrogen-bond donors (Lipinski definition) is 0. The Labute approximate surface area is 268 Å². The molecule has 0 aliphatic rings. The highest BCUT2D eigenvalue weighted by molar-refractivity contribution is 7.26. The molecule has 0 bridgehead atoms. The van der Waals surface area contributed by atoms with Gasteiger partial charge in [0.1, 0.15) is 11.2 Å². The SMILES string of the molecule is c1ccc(-n2c3ccccc3c3ccc(N(c4cccc5oc6ccccc6c45)c4cccc5sc6ccccc6c45)cc32)cc1. The molecule has 0 N–H and O–H groups in total. The van der Waals surface area contributed by atoms with Crippen molar-refractivity contribution in [2.75, 3.05) is 4.90 Å². The Morgan fingerprint density at radius 2 is 1.11 bits per heavy atom. The summed E-state index contributed by atoms with van der Waals surface area (Å²) in [5.41, 5.74) is 8.61. The highest BCUT2D eigenvalue weighted by Crippen LogP contribution is 2.48. The van der Waals surface area contributed by atoms with Gasteiger partial charge in [0.15, 0.2) is 0 Å². The number of aromatic nitrogens is 1. The minimum atomic E-state index is 0.880. The third-order valence-electron chi connectivity index (χ3n) is 9.17. The number of fused-ring (bicyclic) bond motifs is 9. The minimum absolute atomic E-state index is 0.880. The van der Waals surface area contributed by atoms with Gasteiger partial charge >= 0.3 is 0 Å². The van der Waals surface area contributed by atoms with Crippen LogP contribution in [0.2, 0.25) is 0 Å². The molecule has 0 aliphatic carbocycles. The fourth-order valence-electron chi connectivity index (χ4n) is 7.25. The van der Waals surface area contributed by atoms with Crippen molar-refractivity contribution >= 4 is 92.3 Å². The Morgan fingerprint density at radius 3 is 2.00 bits per heavy atom. The van der Waals surface area contributed by atoms with E-state index in [9.17, 15) is 0 Å². The van der Waals surface area contributed by atoms with Crippen LogP contribution in [-0.2, 0) is 0 Å². The first kappa shape index (κ1) is 25.5. The first-order chi connectivity index (χ1) is 22.8. The Bertz CT molecular complexity index is 2650. The van der Waals surface area contributed by atoms with Crippen LogP contribution in [0.3, 0.4) is 0 Å². The largest absolute Gasteiger partial charge is 0.456 e. The van der Waals surface area contributed by atoms with Crippen LogP contribution in [0.4, 0.5) is 17.1 Å². The standard InChI is InChI=1S/C42H26N2OS/c1-2-12-27(13-3-1)43-33-17-7-4-14-29(33)30-25-24-28(26-36(30)43)44(34-18-10-21-38-41(34)31-15-5-8-20-37(31)45-38)35-19-11-23-40-42(35)32-16-6-9-22-39(32)46-40/h1-26H. The van der Waals surface area contributed by atoms with Gasteiger partial charge in [-0.3, -0.25) is 0 Å². The maximum atomic E-state index is 6.42. The van der Waals surface area contributed by atoms with Crippen LogP contribution in [0.15, 0.2) is 162 Å². The van der Waals surface area contributed by atoms with E-state index in [0.717, 1.165) is 44.7 Å². The van der Waals surface area contributed by atoms with Gasteiger partial charge < -0.3 is 13.9 Å². The van der Waals surface area contributed by atoms with E-state index >= 15 is 0 Å². The molecule has 10 aromatic rings. The van der Waals surface area contributed by atoms with Crippen molar-refractivity contribution in [1.82, 2.24) is 4.57 Å². The molecule has 0 fully saturated rings. The van der Waals surface area contributed by atoms with Crippen molar-refractivity contribution in [3.63, 3.8) is 0 Å². The molecule has 0 amide bonds. The highest BCUT2D eigenvalue weighted by Gasteiger charge is 2.23. The summed E-state index contributed by atoms with van der Waals surface area (Å²) >= 11 is 1.85. The van der Waals surface area contributed by atoms with E-state index in [4.69, 9.17) is 4.42 Å². The fourth-order valence-corrected chi connectivity index (χ4v) is 8.37. The molecule has 0 unspecified atom stereocenters. The molecule has 0 saturated heterocycles. The lowest BCUT2D eigenvalue weighted by Crippen LogP contribution is -2.11. The summed E-state index contributed by atoms with van der Waals surface area (Å²) in [4.78, 5) is 2.44. The normalized spacial score (nSPS) is 11.9. The van der Waals surface area contributed by atoms with Crippen molar-refractivity contribution in [2.45, 2.75) is 0 Å². The highest BCUT2D eigenvalue weighted by atomic mass is 32.1. The fraction of sp³-hybridized carbons (Fsp3) is 0. The van der Waals surface area contributed by atoms with Crippen LogP contribution < -0.4 is 4.90 Å². The first-order valence-electron chi connectivity index (χ1n) is 15.5. The maximum absolute atomic E-state index is 6.42. The zero-order chi connectivity index (χ0) is 30.2. The maximum Gasteiger partial charge on any atom is 0.137 e. The van der Waals surface area contributed by atoms with Gasteiger partial charge in [0.25, 0.3) is 0 Å². The van der Waals surface area contributed by atoms with E-state index in [1.54, 1.807) is 0 Å². The Kier molecular flexibility index (Phi) is 5.45. The summed E-state index contributed by atoms with van der Waals surface area (Å²) < 4.78 is 11.4. The lowest BCUT2D eigenvalue weighted by molar-refractivity contribution is 0.669. The lowest BCUT2D eigenvalue weighted by atomic mass is 10.0. The Hall–Kier alpha value is -5.84. The van der Waals surface area contributed by atoms with E-state index in [-0.39, 0.29) is 0 Å². The van der Waals surface area contributed by atoms with Crippen LogP contribution in [0.25, 0.3) is 69.6 Å². The molecule has 4 heteroatoms. The molecule has 3 nitrogen and oxygen atoms in total. The van der Waals surface area contributed by atoms with Crippen molar-refractivity contribution in [3.8, 4) is 5.69 Å². The van der Waals surface area contributed by atoms with Crippen LogP contribution in [0.5, 0.6) is 0 Å². The molecule has 3 heterocycles. The van der Waals surface area contributed by atoms with Crippen LogP contribution in [-0.4, -0.2) is 4.57 Å². The van der Waals surface area contributed by atoms with Crippen molar-refractivity contribution in [3.05, 3.63) is 158 Å². The lowest BCUT2D eigenvalue weighted by Gasteiger charge is -2.27. The summed E-state index contributed by atoms with van der Waals surface area (Å²) in [7, 11) is 0. The predicted octanol–water partition coefficient (Wildman–Crippen LogP) is 12.5. The number of furan rings is 1. The van der Waals surface area contributed by atoms with E-state index < -0.39 is 0 Å². The van der Waals surface area contributed by atoms with Crippen molar-refractivity contribution in [2.24, 2.45) is 0 Å². The number of rotatable bonds is 4. The molecule has 7 aromatic carbocycles. The molecule has 0 saturated carbocycles. The van der Waals surface area contributed by atoms with E-state index in [1.807, 2.05) is 17.4 Å². The number of thiophene rings is 1. The van der Waals surface area contributed by atoms with Gasteiger partial charge in [-0.25, -0.2) is 0 Å². The summed E-state index contributed by atoms with van der Waals surface area (Å²) in [5, 5.41) is 7.23. The van der Waals surface area contributed by atoms with Crippen LogP contribution >= 0.6 is 11.3 Å². The van der Waals surface area contributed by atoms with E-state index in [0.29, 0.717) is 0 Å². The quantitative estimate of drug-likeness (QED) is 0.199. The number of hydrogen-bond acceptors (Lipinski definition) is 3. The van der Waals surface area contributed by atoms with Gasteiger partial charge in [0, 0.05) is 47.7 Å². The van der Waals surface area contributed by atoms with Crippen molar-refractivity contribution < 1.29 is 4.42 Å². The molecular formula is C42H26N2OS. The van der Waals surface area contributed by atoms with E-state index in [2.05, 4.69) is 161 Å². The number of para-hydroxylation sites is 3. The second-order valence-corrected chi connectivity index (χ2v) is 12.8. The molecule has 3 aromatic heterocycles. The predicted molar refractivity (Wildman–Crippen MR) is 196 cm³/mol. The third-order valence-corrected chi connectivity index (χ3v) is 10.3. The van der Waals surface area contributed by atoms with Gasteiger partial charge in [0.2, 0.25) is 0 Å². The summed E-state index contributed by atoms with van der Waals surface area (Å²) in [6.07, 6.45) is 0. The molecule has 216 valence electrons. The molecule has 0 atom stereocenters. The van der Waals surface area contributed by atoms with Gasteiger partial charge in [-0.2, -0.15) is 0 Å². The summed E-state index contributed by atoms with van der Waals surface area (Å²) in [5.74, 6) is 0. The topological polar surface area (TPSA) is 21.3 Å². The third kappa shape index (κ3) is 3.65. The summed E-state index contributed by atoms with van der Waals surface area (Å²) in [6.45, 7) is 0. The molecule has 46 heavy (non-hydrogen) atoms. The molecule has 10 rings (SSSR count).